The van der Waals surface area contributed by atoms with Gasteiger partial charge >= 0.3 is 0 Å². The predicted octanol–water partition coefficient (Wildman–Crippen LogP) is 4.81. The summed E-state index contributed by atoms with van der Waals surface area (Å²) in [6.07, 6.45) is 1.00. The fraction of sp³-hybridized carbons (Fsp3) is 0.118. The molecule has 0 amide bonds. The van der Waals surface area contributed by atoms with Crippen molar-refractivity contribution in [1.82, 2.24) is 5.16 Å². The molecule has 0 saturated carbocycles. The normalized spacial score (nSPS) is 10.8. The Balaban J connectivity index is 2.12. The molecule has 21 heavy (non-hydrogen) atoms. The first kappa shape index (κ1) is 13.7. The van der Waals surface area contributed by atoms with E-state index >= 15 is 0 Å². The summed E-state index contributed by atoms with van der Waals surface area (Å²) in [6, 6.07) is 15.7. The molecule has 0 spiro atoms. The highest BCUT2D eigenvalue weighted by Gasteiger charge is 2.17. The van der Waals surface area contributed by atoms with Crippen LogP contribution in [0.4, 0.5) is 5.88 Å². The number of halogens is 1. The van der Waals surface area contributed by atoms with Gasteiger partial charge in [0.1, 0.15) is 5.69 Å². The second kappa shape index (κ2) is 5.62. The number of hydrogen-bond acceptors (Lipinski definition) is 3. The number of benzene rings is 2. The zero-order chi connectivity index (χ0) is 14.8. The Morgan fingerprint density at radius 1 is 1.10 bits per heavy atom. The summed E-state index contributed by atoms with van der Waals surface area (Å²) in [6.45, 7) is 2.13. The molecule has 2 N–H and O–H groups in total. The quantitative estimate of drug-likeness (QED) is 0.755. The minimum Gasteiger partial charge on any atom is -0.367 e. The molecule has 0 atom stereocenters. The summed E-state index contributed by atoms with van der Waals surface area (Å²) in [5.74, 6) is 0.298. The molecular formula is C17H15ClN2O. The Hall–Kier alpha value is -2.26. The molecule has 3 nitrogen and oxygen atoms in total. The molecular weight excluding hydrogens is 284 g/mol. The molecule has 0 fully saturated rings. The average Bonchev–Trinajstić information content (AvgIpc) is 2.89. The van der Waals surface area contributed by atoms with Gasteiger partial charge in [0, 0.05) is 10.6 Å². The first-order valence-electron chi connectivity index (χ1n) is 6.79. The third kappa shape index (κ3) is 2.65. The lowest BCUT2D eigenvalue weighted by Crippen LogP contribution is -1.88. The molecule has 0 aliphatic carbocycles. The maximum Gasteiger partial charge on any atom is 0.230 e. The Morgan fingerprint density at radius 3 is 2.52 bits per heavy atom. The number of hydrogen-bond donors (Lipinski definition) is 1. The number of nitrogen functional groups attached to an aromatic ring is 1. The highest BCUT2D eigenvalue weighted by atomic mass is 35.5. The molecule has 4 heteroatoms. The van der Waals surface area contributed by atoms with Crippen LogP contribution in [-0.4, -0.2) is 5.16 Å². The van der Waals surface area contributed by atoms with Gasteiger partial charge in [0.05, 0.1) is 5.56 Å². The number of aryl methyl sites for hydroxylation is 1. The number of aromatic nitrogens is 1. The average molecular weight is 299 g/mol. The molecule has 0 bridgehead atoms. The molecule has 0 saturated heterocycles. The fourth-order valence-corrected chi connectivity index (χ4v) is 2.51. The highest BCUT2D eigenvalue weighted by molar-refractivity contribution is 6.30. The minimum atomic E-state index is 0.298. The van der Waals surface area contributed by atoms with Gasteiger partial charge in [-0.3, -0.25) is 0 Å². The van der Waals surface area contributed by atoms with E-state index in [1.807, 2.05) is 36.4 Å². The Kier molecular flexibility index (Phi) is 3.67. The van der Waals surface area contributed by atoms with E-state index in [2.05, 4.69) is 24.2 Å². The molecule has 0 radical (unpaired) electrons. The molecule has 0 unspecified atom stereocenters. The lowest BCUT2D eigenvalue weighted by Gasteiger charge is -2.04. The van der Waals surface area contributed by atoms with Gasteiger partial charge in [-0.2, -0.15) is 0 Å². The lowest BCUT2D eigenvalue weighted by atomic mass is 10.00. The summed E-state index contributed by atoms with van der Waals surface area (Å²) < 4.78 is 5.19. The highest BCUT2D eigenvalue weighted by Crippen LogP contribution is 2.37. The third-order valence-corrected chi connectivity index (χ3v) is 3.70. The summed E-state index contributed by atoms with van der Waals surface area (Å²) in [4.78, 5) is 0. The van der Waals surface area contributed by atoms with Gasteiger partial charge in [-0.05, 0) is 29.7 Å². The minimum absolute atomic E-state index is 0.298. The van der Waals surface area contributed by atoms with E-state index < -0.39 is 0 Å². The van der Waals surface area contributed by atoms with Crippen LogP contribution in [0, 0.1) is 0 Å². The summed E-state index contributed by atoms with van der Waals surface area (Å²) in [5, 5.41) is 4.76. The molecule has 0 aliphatic rings. The first-order valence-corrected chi connectivity index (χ1v) is 7.17. The van der Waals surface area contributed by atoms with Gasteiger partial charge in [0.2, 0.25) is 5.88 Å². The lowest BCUT2D eigenvalue weighted by molar-refractivity contribution is 0.439. The van der Waals surface area contributed by atoms with Crippen molar-refractivity contribution in [3.8, 4) is 22.4 Å². The molecule has 2 aromatic carbocycles. The van der Waals surface area contributed by atoms with E-state index in [-0.39, 0.29) is 0 Å². The second-order valence-corrected chi connectivity index (χ2v) is 5.27. The van der Waals surface area contributed by atoms with Crippen molar-refractivity contribution in [2.75, 3.05) is 5.73 Å². The topological polar surface area (TPSA) is 52.0 Å². The summed E-state index contributed by atoms with van der Waals surface area (Å²) in [5.41, 5.74) is 10.6. The van der Waals surface area contributed by atoms with Gasteiger partial charge < -0.3 is 10.3 Å². The number of nitrogens with zero attached hydrogens (tertiary/aromatic N) is 1. The van der Waals surface area contributed by atoms with Crippen LogP contribution in [0.2, 0.25) is 5.02 Å². The van der Waals surface area contributed by atoms with Crippen molar-refractivity contribution in [1.29, 1.82) is 0 Å². The summed E-state index contributed by atoms with van der Waals surface area (Å²) in [7, 11) is 0. The van der Waals surface area contributed by atoms with Gasteiger partial charge in [0.25, 0.3) is 0 Å². The smallest absolute Gasteiger partial charge is 0.230 e. The summed E-state index contributed by atoms with van der Waals surface area (Å²) >= 11 is 6.06. The number of anilines is 1. The van der Waals surface area contributed by atoms with E-state index in [0.717, 1.165) is 28.8 Å². The van der Waals surface area contributed by atoms with E-state index in [1.54, 1.807) is 0 Å². The monoisotopic (exact) mass is 298 g/mol. The van der Waals surface area contributed by atoms with Crippen molar-refractivity contribution < 1.29 is 4.52 Å². The molecule has 106 valence electrons. The van der Waals surface area contributed by atoms with Crippen LogP contribution < -0.4 is 5.73 Å². The van der Waals surface area contributed by atoms with Crippen molar-refractivity contribution in [2.24, 2.45) is 0 Å². The predicted molar refractivity (Wildman–Crippen MR) is 86.2 cm³/mol. The standard InChI is InChI=1S/C17H15ClN2O/c1-2-11-6-8-12(9-7-11)16-15(17(19)21-20-16)13-4-3-5-14(18)10-13/h3-10H,2,19H2,1H3. The van der Waals surface area contributed by atoms with E-state index in [1.165, 1.54) is 5.56 Å². The zero-order valence-electron chi connectivity index (χ0n) is 11.6. The zero-order valence-corrected chi connectivity index (χ0v) is 12.4. The number of nitrogens with two attached hydrogens (primary N) is 1. The van der Waals surface area contributed by atoms with Crippen LogP contribution >= 0.6 is 11.6 Å². The van der Waals surface area contributed by atoms with E-state index in [9.17, 15) is 0 Å². The van der Waals surface area contributed by atoms with E-state index in [4.69, 9.17) is 21.9 Å². The van der Waals surface area contributed by atoms with Crippen LogP contribution in [-0.2, 0) is 6.42 Å². The van der Waals surface area contributed by atoms with Crippen LogP contribution in [0.1, 0.15) is 12.5 Å². The van der Waals surface area contributed by atoms with Crippen molar-refractivity contribution in [3.63, 3.8) is 0 Å². The molecule has 1 heterocycles. The number of rotatable bonds is 3. The SMILES string of the molecule is CCc1ccc(-c2noc(N)c2-c2cccc(Cl)c2)cc1. The van der Waals surface area contributed by atoms with Crippen molar-refractivity contribution in [2.45, 2.75) is 13.3 Å². The van der Waals surface area contributed by atoms with Crippen molar-refractivity contribution in [3.05, 3.63) is 59.1 Å². The Morgan fingerprint density at radius 2 is 1.86 bits per heavy atom. The van der Waals surface area contributed by atoms with Gasteiger partial charge in [-0.1, -0.05) is 60.1 Å². The maximum atomic E-state index is 6.06. The van der Waals surface area contributed by atoms with Crippen LogP contribution in [0.3, 0.4) is 0 Å². The largest absolute Gasteiger partial charge is 0.367 e. The Bertz CT molecular complexity index is 763. The molecule has 3 aromatic rings. The van der Waals surface area contributed by atoms with Crippen LogP contribution in [0.25, 0.3) is 22.4 Å². The Labute approximate surface area is 128 Å². The van der Waals surface area contributed by atoms with Gasteiger partial charge in [0.15, 0.2) is 0 Å². The van der Waals surface area contributed by atoms with E-state index in [0.29, 0.717) is 10.9 Å². The fourth-order valence-electron chi connectivity index (χ4n) is 2.32. The molecule has 3 rings (SSSR count). The van der Waals surface area contributed by atoms with Gasteiger partial charge in [-0.25, -0.2) is 0 Å². The van der Waals surface area contributed by atoms with Gasteiger partial charge in [-0.15, -0.1) is 0 Å². The third-order valence-electron chi connectivity index (χ3n) is 3.47. The van der Waals surface area contributed by atoms with Crippen LogP contribution in [0.15, 0.2) is 53.1 Å². The maximum absolute atomic E-state index is 6.06. The van der Waals surface area contributed by atoms with Crippen LogP contribution in [0.5, 0.6) is 0 Å². The second-order valence-electron chi connectivity index (χ2n) is 4.83. The molecule has 1 aromatic heterocycles. The molecule has 0 aliphatic heterocycles. The van der Waals surface area contributed by atoms with Crippen molar-refractivity contribution >= 4 is 17.5 Å². The first-order chi connectivity index (χ1) is 10.2.